The van der Waals surface area contributed by atoms with E-state index in [9.17, 15) is 4.79 Å². The maximum Gasteiger partial charge on any atom is 0.253 e. The van der Waals surface area contributed by atoms with Gasteiger partial charge in [0.25, 0.3) is 5.91 Å². The van der Waals surface area contributed by atoms with Crippen LogP contribution in [-0.2, 0) is 0 Å². The van der Waals surface area contributed by atoms with Crippen molar-refractivity contribution in [3.63, 3.8) is 0 Å². The van der Waals surface area contributed by atoms with E-state index in [0.29, 0.717) is 18.1 Å². The van der Waals surface area contributed by atoms with E-state index < -0.39 is 0 Å². The molecule has 3 heteroatoms. The molecule has 16 heavy (non-hydrogen) atoms. The van der Waals surface area contributed by atoms with E-state index in [4.69, 9.17) is 4.74 Å². The summed E-state index contributed by atoms with van der Waals surface area (Å²) >= 11 is 0. The average Bonchev–Trinajstić information content (AvgIpc) is 2.25. The summed E-state index contributed by atoms with van der Waals surface area (Å²) in [6, 6.07) is 7.29. The molecule has 0 fully saturated rings. The van der Waals surface area contributed by atoms with Gasteiger partial charge in [0.05, 0.1) is 6.61 Å². The number of carbonyl (C=O) groups excluding carboxylic acids is 1. The highest BCUT2D eigenvalue weighted by molar-refractivity contribution is 5.94. The van der Waals surface area contributed by atoms with Crippen molar-refractivity contribution in [3.05, 3.63) is 29.8 Å². The second kappa shape index (κ2) is 5.54. The second-order valence-electron chi connectivity index (χ2n) is 4.43. The first-order chi connectivity index (χ1) is 7.50. The molecule has 0 radical (unpaired) electrons. The molecule has 88 valence electrons. The lowest BCUT2D eigenvalue weighted by atomic mass is 10.2. The van der Waals surface area contributed by atoms with Gasteiger partial charge in [-0.05, 0) is 24.1 Å². The molecule has 1 amide bonds. The summed E-state index contributed by atoms with van der Waals surface area (Å²) in [5.74, 6) is 1.23. The van der Waals surface area contributed by atoms with Crippen LogP contribution in [0.15, 0.2) is 24.3 Å². The minimum absolute atomic E-state index is 0.00463. The highest BCUT2D eigenvalue weighted by Crippen LogP contribution is 2.15. The topological polar surface area (TPSA) is 29.5 Å². The molecule has 0 aromatic heterocycles. The minimum atomic E-state index is -0.00463. The lowest BCUT2D eigenvalue weighted by Crippen LogP contribution is -2.21. The van der Waals surface area contributed by atoms with Crippen LogP contribution in [0.5, 0.6) is 5.75 Å². The molecule has 0 saturated carbocycles. The summed E-state index contributed by atoms with van der Waals surface area (Å²) in [4.78, 5) is 13.3. The number of amides is 1. The van der Waals surface area contributed by atoms with Crippen molar-refractivity contribution >= 4 is 5.91 Å². The molecule has 0 heterocycles. The summed E-state index contributed by atoms with van der Waals surface area (Å²) in [6.07, 6.45) is 0. The van der Waals surface area contributed by atoms with Gasteiger partial charge in [0.2, 0.25) is 0 Å². The van der Waals surface area contributed by atoms with E-state index in [2.05, 4.69) is 13.8 Å². The number of rotatable bonds is 4. The Morgan fingerprint density at radius 3 is 2.62 bits per heavy atom. The molecule has 1 aromatic carbocycles. The lowest BCUT2D eigenvalue weighted by Gasteiger charge is -2.12. The number of carbonyl (C=O) groups is 1. The van der Waals surface area contributed by atoms with Crippen molar-refractivity contribution in [1.82, 2.24) is 4.90 Å². The Hall–Kier alpha value is -1.51. The number of ether oxygens (including phenoxy) is 1. The first-order valence-corrected chi connectivity index (χ1v) is 5.45. The van der Waals surface area contributed by atoms with Crippen molar-refractivity contribution < 1.29 is 9.53 Å². The molecule has 3 nitrogen and oxygen atoms in total. The lowest BCUT2D eigenvalue weighted by molar-refractivity contribution is 0.0827. The Labute approximate surface area is 97.0 Å². The number of hydrogen-bond donors (Lipinski definition) is 0. The molecule has 0 atom stereocenters. The predicted molar refractivity (Wildman–Crippen MR) is 64.8 cm³/mol. The molecule has 0 N–H and O–H groups in total. The molecule has 0 aliphatic rings. The molecule has 0 bridgehead atoms. The number of hydrogen-bond acceptors (Lipinski definition) is 2. The Bertz CT molecular complexity index is 359. The SMILES string of the molecule is CC(C)COc1cccc(C(=O)N(C)C)c1. The first kappa shape index (κ1) is 12.6. The van der Waals surface area contributed by atoms with Crippen molar-refractivity contribution in [2.45, 2.75) is 13.8 Å². The molecular weight excluding hydrogens is 202 g/mol. The van der Waals surface area contributed by atoms with Gasteiger partial charge in [0.1, 0.15) is 5.75 Å². The van der Waals surface area contributed by atoms with Crippen LogP contribution >= 0.6 is 0 Å². The van der Waals surface area contributed by atoms with E-state index in [1.165, 1.54) is 0 Å². The van der Waals surface area contributed by atoms with Crippen molar-refractivity contribution in [1.29, 1.82) is 0 Å². The normalized spacial score (nSPS) is 10.3. The molecule has 1 rings (SSSR count). The van der Waals surface area contributed by atoms with Gasteiger partial charge in [0.15, 0.2) is 0 Å². The fourth-order valence-corrected chi connectivity index (χ4v) is 1.24. The van der Waals surface area contributed by atoms with Gasteiger partial charge in [-0.15, -0.1) is 0 Å². The molecule has 0 unspecified atom stereocenters. The van der Waals surface area contributed by atoms with Crippen LogP contribution in [0.3, 0.4) is 0 Å². The third-order valence-electron chi connectivity index (χ3n) is 2.07. The van der Waals surface area contributed by atoms with E-state index >= 15 is 0 Å². The predicted octanol–water partition coefficient (Wildman–Crippen LogP) is 2.42. The smallest absolute Gasteiger partial charge is 0.253 e. The van der Waals surface area contributed by atoms with Gasteiger partial charge in [-0.2, -0.15) is 0 Å². The van der Waals surface area contributed by atoms with Crippen LogP contribution in [0.2, 0.25) is 0 Å². The minimum Gasteiger partial charge on any atom is -0.493 e. The highest BCUT2D eigenvalue weighted by atomic mass is 16.5. The third kappa shape index (κ3) is 3.57. The fraction of sp³-hybridized carbons (Fsp3) is 0.462. The summed E-state index contributed by atoms with van der Waals surface area (Å²) in [6.45, 7) is 4.85. The Morgan fingerprint density at radius 2 is 2.06 bits per heavy atom. The second-order valence-corrected chi connectivity index (χ2v) is 4.43. The van der Waals surface area contributed by atoms with E-state index in [0.717, 1.165) is 5.75 Å². The van der Waals surface area contributed by atoms with Crippen molar-refractivity contribution in [3.8, 4) is 5.75 Å². The molecular formula is C13H19NO2. The van der Waals surface area contributed by atoms with Crippen LogP contribution in [0.1, 0.15) is 24.2 Å². The van der Waals surface area contributed by atoms with E-state index in [1.54, 1.807) is 31.1 Å². The van der Waals surface area contributed by atoms with Crippen molar-refractivity contribution in [2.75, 3.05) is 20.7 Å². The monoisotopic (exact) mass is 221 g/mol. The number of nitrogens with zero attached hydrogens (tertiary/aromatic N) is 1. The highest BCUT2D eigenvalue weighted by Gasteiger charge is 2.08. The standard InChI is InChI=1S/C13H19NO2/c1-10(2)9-16-12-7-5-6-11(8-12)13(15)14(3)4/h5-8,10H,9H2,1-4H3. The molecule has 0 spiro atoms. The zero-order valence-corrected chi connectivity index (χ0v) is 10.4. The van der Waals surface area contributed by atoms with Gasteiger partial charge in [-0.3, -0.25) is 4.79 Å². The van der Waals surface area contributed by atoms with Gasteiger partial charge >= 0.3 is 0 Å². The molecule has 0 aliphatic carbocycles. The zero-order valence-electron chi connectivity index (χ0n) is 10.4. The van der Waals surface area contributed by atoms with Crippen LogP contribution in [0.4, 0.5) is 0 Å². The van der Waals surface area contributed by atoms with Crippen LogP contribution < -0.4 is 4.74 Å². The Balaban J connectivity index is 2.75. The van der Waals surface area contributed by atoms with Gasteiger partial charge in [-0.1, -0.05) is 19.9 Å². The number of benzene rings is 1. The van der Waals surface area contributed by atoms with Gasteiger partial charge in [-0.25, -0.2) is 0 Å². The summed E-state index contributed by atoms with van der Waals surface area (Å²) in [5.41, 5.74) is 0.659. The quantitative estimate of drug-likeness (QED) is 0.781. The summed E-state index contributed by atoms with van der Waals surface area (Å²) in [5, 5.41) is 0. The Kier molecular flexibility index (Phi) is 4.35. The molecule has 0 saturated heterocycles. The largest absolute Gasteiger partial charge is 0.493 e. The van der Waals surface area contributed by atoms with Crippen LogP contribution in [0.25, 0.3) is 0 Å². The van der Waals surface area contributed by atoms with Crippen molar-refractivity contribution in [2.24, 2.45) is 5.92 Å². The fourth-order valence-electron chi connectivity index (χ4n) is 1.24. The zero-order chi connectivity index (χ0) is 12.1. The molecule has 1 aromatic rings. The maximum absolute atomic E-state index is 11.7. The Morgan fingerprint density at radius 1 is 1.38 bits per heavy atom. The summed E-state index contributed by atoms with van der Waals surface area (Å²) < 4.78 is 5.57. The third-order valence-corrected chi connectivity index (χ3v) is 2.07. The van der Waals surface area contributed by atoms with Gasteiger partial charge < -0.3 is 9.64 Å². The average molecular weight is 221 g/mol. The van der Waals surface area contributed by atoms with Gasteiger partial charge in [0, 0.05) is 19.7 Å². The van der Waals surface area contributed by atoms with Crippen LogP contribution in [0, 0.1) is 5.92 Å². The first-order valence-electron chi connectivity index (χ1n) is 5.45. The molecule has 0 aliphatic heterocycles. The van der Waals surface area contributed by atoms with E-state index in [1.807, 2.05) is 12.1 Å². The van der Waals surface area contributed by atoms with Crippen LogP contribution in [-0.4, -0.2) is 31.5 Å². The van der Waals surface area contributed by atoms with E-state index in [-0.39, 0.29) is 5.91 Å². The summed E-state index contributed by atoms with van der Waals surface area (Å²) in [7, 11) is 3.48. The maximum atomic E-state index is 11.7.